The molecule has 0 aliphatic carbocycles. The van der Waals surface area contributed by atoms with Crippen LogP contribution in [-0.2, 0) is 11.3 Å². The minimum Gasteiger partial charge on any atom is -0.497 e. The molecule has 3 rings (SSSR count). The number of hydrogen-bond acceptors (Lipinski definition) is 6. The summed E-state index contributed by atoms with van der Waals surface area (Å²) in [5.74, 6) is 1.73. The van der Waals surface area contributed by atoms with Crippen molar-refractivity contribution < 1.29 is 14.2 Å². The summed E-state index contributed by atoms with van der Waals surface area (Å²) in [6, 6.07) is 4.30. The predicted molar refractivity (Wildman–Crippen MR) is 93.6 cm³/mol. The summed E-state index contributed by atoms with van der Waals surface area (Å²) >= 11 is 0. The summed E-state index contributed by atoms with van der Waals surface area (Å²) in [6.07, 6.45) is 1.14. The molecular formula is C18H29N3O3. The Morgan fingerprint density at radius 1 is 1.17 bits per heavy atom. The Balaban J connectivity index is 1.64. The highest BCUT2D eigenvalue weighted by Crippen LogP contribution is 2.41. The zero-order chi connectivity index (χ0) is 16.9. The van der Waals surface area contributed by atoms with E-state index in [1.54, 1.807) is 14.2 Å². The summed E-state index contributed by atoms with van der Waals surface area (Å²) < 4.78 is 16.4. The van der Waals surface area contributed by atoms with E-state index >= 15 is 0 Å². The molecule has 2 heterocycles. The molecule has 2 aliphatic heterocycles. The molecule has 134 valence electrons. The van der Waals surface area contributed by atoms with Crippen molar-refractivity contribution in [2.45, 2.75) is 19.0 Å². The fourth-order valence-corrected chi connectivity index (χ4v) is 3.79. The lowest BCUT2D eigenvalue weighted by molar-refractivity contribution is 0.0355. The minimum absolute atomic E-state index is 0.227. The Morgan fingerprint density at radius 2 is 1.96 bits per heavy atom. The lowest BCUT2D eigenvalue weighted by Crippen LogP contribution is -2.38. The third-order valence-corrected chi connectivity index (χ3v) is 5.05. The second-order valence-corrected chi connectivity index (χ2v) is 6.43. The molecule has 6 heteroatoms. The van der Waals surface area contributed by atoms with Crippen molar-refractivity contribution in [3.63, 3.8) is 0 Å². The molecule has 1 fully saturated rings. The van der Waals surface area contributed by atoms with Crippen LogP contribution in [0.4, 0.5) is 0 Å². The number of nitrogens with zero attached hydrogens (tertiary/aromatic N) is 2. The maximum atomic E-state index is 6.09. The second-order valence-electron chi connectivity index (χ2n) is 6.43. The summed E-state index contributed by atoms with van der Waals surface area (Å²) in [5, 5.41) is 0. The van der Waals surface area contributed by atoms with Crippen LogP contribution in [0.2, 0.25) is 0 Å². The van der Waals surface area contributed by atoms with Crippen molar-refractivity contribution in [1.29, 1.82) is 0 Å². The van der Waals surface area contributed by atoms with E-state index in [9.17, 15) is 0 Å². The number of morpholine rings is 1. The molecule has 1 saturated heterocycles. The van der Waals surface area contributed by atoms with Gasteiger partial charge < -0.3 is 19.9 Å². The Bertz CT molecular complexity index is 547. The van der Waals surface area contributed by atoms with Gasteiger partial charge in [-0.2, -0.15) is 0 Å². The van der Waals surface area contributed by atoms with Crippen LogP contribution in [0.5, 0.6) is 11.5 Å². The van der Waals surface area contributed by atoms with Crippen molar-refractivity contribution in [3.05, 3.63) is 23.3 Å². The molecule has 1 atom stereocenters. The molecule has 0 spiro atoms. The van der Waals surface area contributed by atoms with Gasteiger partial charge in [0.1, 0.15) is 11.5 Å². The molecule has 24 heavy (non-hydrogen) atoms. The first-order valence-electron chi connectivity index (χ1n) is 8.75. The third kappa shape index (κ3) is 3.67. The maximum Gasteiger partial charge on any atom is 0.127 e. The van der Waals surface area contributed by atoms with Gasteiger partial charge in [-0.3, -0.25) is 9.80 Å². The van der Waals surface area contributed by atoms with Crippen LogP contribution in [0.15, 0.2) is 12.1 Å². The van der Waals surface area contributed by atoms with E-state index in [0.717, 1.165) is 63.9 Å². The smallest absolute Gasteiger partial charge is 0.127 e. The molecule has 0 bridgehead atoms. The first kappa shape index (κ1) is 17.5. The fourth-order valence-electron chi connectivity index (χ4n) is 3.79. The fraction of sp³-hybridized carbons (Fsp3) is 0.667. The van der Waals surface area contributed by atoms with Crippen LogP contribution in [0, 0.1) is 0 Å². The summed E-state index contributed by atoms with van der Waals surface area (Å²) in [4.78, 5) is 4.95. The number of hydrogen-bond donors (Lipinski definition) is 1. The number of fused-ring (bicyclic) bond motifs is 1. The van der Waals surface area contributed by atoms with Gasteiger partial charge in [0, 0.05) is 44.4 Å². The molecule has 0 radical (unpaired) electrons. The highest BCUT2D eigenvalue weighted by atomic mass is 16.5. The quantitative estimate of drug-likeness (QED) is 0.809. The van der Waals surface area contributed by atoms with Gasteiger partial charge >= 0.3 is 0 Å². The van der Waals surface area contributed by atoms with E-state index in [1.165, 1.54) is 11.1 Å². The molecule has 0 saturated carbocycles. The topological polar surface area (TPSA) is 60.2 Å². The van der Waals surface area contributed by atoms with Crippen LogP contribution in [-0.4, -0.2) is 70.0 Å². The Labute approximate surface area is 144 Å². The molecule has 2 N–H and O–H groups in total. The molecule has 1 unspecified atom stereocenters. The molecule has 0 aromatic heterocycles. The van der Waals surface area contributed by atoms with Gasteiger partial charge in [0.15, 0.2) is 0 Å². The van der Waals surface area contributed by atoms with Crippen molar-refractivity contribution in [1.82, 2.24) is 9.80 Å². The first-order valence-corrected chi connectivity index (χ1v) is 8.75. The van der Waals surface area contributed by atoms with E-state index in [-0.39, 0.29) is 6.04 Å². The number of methoxy groups -OCH3 is 2. The van der Waals surface area contributed by atoms with Crippen LogP contribution in [0.1, 0.15) is 23.6 Å². The number of nitrogens with two attached hydrogens (primary N) is 1. The van der Waals surface area contributed by atoms with Gasteiger partial charge in [-0.15, -0.1) is 0 Å². The van der Waals surface area contributed by atoms with E-state index in [1.807, 2.05) is 6.07 Å². The normalized spacial score (nSPS) is 21.7. The lowest BCUT2D eigenvalue weighted by atomic mass is 10.0. The lowest BCUT2D eigenvalue weighted by Gasteiger charge is -2.29. The predicted octanol–water partition coefficient (Wildman–Crippen LogP) is 1.24. The van der Waals surface area contributed by atoms with Gasteiger partial charge in [-0.1, -0.05) is 0 Å². The van der Waals surface area contributed by atoms with E-state index in [2.05, 4.69) is 15.9 Å². The van der Waals surface area contributed by atoms with Crippen LogP contribution in [0.3, 0.4) is 0 Å². The molecular weight excluding hydrogens is 306 g/mol. The first-order chi connectivity index (χ1) is 11.8. The molecule has 0 amide bonds. The van der Waals surface area contributed by atoms with Crippen molar-refractivity contribution in [2.24, 2.45) is 5.73 Å². The van der Waals surface area contributed by atoms with Crippen LogP contribution in [0.25, 0.3) is 0 Å². The van der Waals surface area contributed by atoms with Gasteiger partial charge in [0.2, 0.25) is 0 Å². The minimum atomic E-state index is 0.227. The average Bonchev–Trinajstić information content (AvgIpc) is 2.99. The van der Waals surface area contributed by atoms with Crippen molar-refractivity contribution in [3.8, 4) is 11.5 Å². The van der Waals surface area contributed by atoms with E-state index in [0.29, 0.717) is 6.54 Å². The maximum absolute atomic E-state index is 6.09. The number of ether oxygens (including phenoxy) is 3. The van der Waals surface area contributed by atoms with Crippen molar-refractivity contribution in [2.75, 3.05) is 60.2 Å². The molecule has 6 nitrogen and oxygen atoms in total. The summed E-state index contributed by atoms with van der Waals surface area (Å²) in [7, 11) is 3.40. The number of rotatable bonds is 7. The Morgan fingerprint density at radius 3 is 2.62 bits per heavy atom. The summed E-state index contributed by atoms with van der Waals surface area (Å²) in [5.41, 5.74) is 8.59. The molecule has 2 aliphatic rings. The highest BCUT2D eigenvalue weighted by molar-refractivity contribution is 5.50. The van der Waals surface area contributed by atoms with Crippen LogP contribution < -0.4 is 15.2 Å². The Kier molecular flexibility index (Phi) is 5.94. The van der Waals surface area contributed by atoms with Crippen molar-refractivity contribution >= 4 is 0 Å². The van der Waals surface area contributed by atoms with Gasteiger partial charge in [-0.25, -0.2) is 0 Å². The molecule has 1 aromatic rings. The van der Waals surface area contributed by atoms with Gasteiger partial charge in [-0.05, 0) is 24.6 Å². The molecule has 1 aromatic carbocycles. The highest BCUT2D eigenvalue weighted by Gasteiger charge is 2.32. The SMILES string of the molecule is COc1cc2c(c(OC)c1)C(CN)N(CCCN1CCOCC1)C2. The monoisotopic (exact) mass is 335 g/mol. The third-order valence-electron chi connectivity index (χ3n) is 5.05. The number of benzene rings is 1. The standard InChI is InChI=1S/C18H29N3O3/c1-22-15-10-14-13-21(5-3-4-20-6-8-24-9-7-20)16(12-19)18(14)17(11-15)23-2/h10-11,16H,3-9,12-13,19H2,1-2H3. The largest absolute Gasteiger partial charge is 0.497 e. The zero-order valence-corrected chi connectivity index (χ0v) is 14.8. The van der Waals surface area contributed by atoms with Crippen LogP contribution >= 0.6 is 0 Å². The van der Waals surface area contributed by atoms with E-state index < -0.39 is 0 Å². The van der Waals surface area contributed by atoms with E-state index in [4.69, 9.17) is 19.9 Å². The Hall–Kier alpha value is -1.34. The van der Waals surface area contributed by atoms with Gasteiger partial charge in [0.25, 0.3) is 0 Å². The second kappa shape index (κ2) is 8.16. The van der Waals surface area contributed by atoms with Gasteiger partial charge in [0.05, 0.1) is 33.5 Å². The average molecular weight is 335 g/mol. The summed E-state index contributed by atoms with van der Waals surface area (Å²) in [6.45, 7) is 7.49. The zero-order valence-electron chi connectivity index (χ0n) is 14.8.